The number of hydrogen-bond acceptors (Lipinski definition) is 8. The van der Waals surface area contributed by atoms with Gasteiger partial charge in [0.15, 0.2) is 0 Å². The predicted octanol–water partition coefficient (Wildman–Crippen LogP) is 7.88. The van der Waals surface area contributed by atoms with E-state index in [2.05, 4.69) is 25.3 Å². The quantitative estimate of drug-likeness (QED) is 0.104. The van der Waals surface area contributed by atoms with Crippen LogP contribution < -0.4 is 16.0 Å². The number of thioether (sulfide) groups is 2. The molecule has 0 aliphatic heterocycles. The highest BCUT2D eigenvalue weighted by Gasteiger charge is 2.21. The SMILES string of the molecule is CCSc1nsc(NC(=O)C(CC)Sc2cccc(NC(=O)/C(=C\c3cccc(Cl)c3Cl)NC(=O)c3ccccc3)c2)n1. The molecule has 0 bridgehead atoms. The lowest BCUT2D eigenvalue weighted by molar-refractivity contribution is -0.116. The first-order chi connectivity index (χ1) is 20.8. The summed E-state index contributed by atoms with van der Waals surface area (Å²) >= 11 is 16.6. The molecule has 3 aromatic carbocycles. The number of hydrogen-bond donors (Lipinski definition) is 3. The number of carbonyl (C=O) groups excluding carboxylic acids is 3. The molecule has 43 heavy (non-hydrogen) atoms. The van der Waals surface area contributed by atoms with Crippen LogP contribution in [0.15, 0.2) is 88.5 Å². The molecule has 0 radical (unpaired) electrons. The monoisotopic (exact) mass is 671 g/mol. The maximum atomic E-state index is 13.5. The van der Waals surface area contributed by atoms with Gasteiger partial charge in [0.05, 0.1) is 15.3 Å². The molecule has 0 spiro atoms. The summed E-state index contributed by atoms with van der Waals surface area (Å²) in [4.78, 5) is 44.5. The number of carbonyl (C=O) groups is 3. The van der Waals surface area contributed by atoms with E-state index in [1.807, 2.05) is 19.9 Å². The Morgan fingerprint density at radius 2 is 1.74 bits per heavy atom. The van der Waals surface area contributed by atoms with Gasteiger partial charge in [0, 0.05) is 27.7 Å². The second-order valence-electron chi connectivity index (χ2n) is 8.82. The topological polar surface area (TPSA) is 113 Å². The molecule has 3 amide bonds. The molecular weight excluding hydrogens is 645 g/mol. The number of benzene rings is 3. The number of halogens is 2. The number of rotatable bonds is 12. The molecule has 1 aromatic heterocycles. The average Bonchev–Trinajstić information content (AvgIpc) is 3.45. The van der Waals surface area contributed by atoms with Crippen molar-refractivity contribution >= 4 is 92.9 Å². The van der Waals surface area contributed by atoms with Crippen LogP contribution in [-0.2, 0) is 9.59 Å². The van der Waals surface area contributed by atoms with Gasteiger partial charge in [-0.3, -0.25) is 19.7 Å². The van der Waals surface area contributed by atoms with E-state index in [0.29, 0.717) is 38.5 Å². The number of nitrogens with zero attached hydrogens (tertiary/aromatic N) is 2. The molecule has 222 valence electrons. The summed E-state index contributed by atoms with van der Waals surface area (Å²) in [6, 6.07) is 20.7. The minimum atomic E-state index is -0.565. The molecule has 0 saturated heterocycles. The third-order valence-electron chi connectivity index (χ3n) is 5.75. The number of aromatic nitrogens is 2. The maximum absolute atomic E-state index is 13.5. The molecule has 13 heteroatoms. The van der Waals surface area contributed by atoms with Crippen molar-refractivity contribution in [2.45, 2.75) is 35.6 Å². The zero-order chi connectivity index (χ0) is 30.8. The molecule has 1 atom stereocenters. The lowest BCUT2D eigenvalue weighted by Gasteiger charge is -2.15. The second-order valence-corrected chi connectivity index (χ2v) is 12.9. The minimum Gasteiger partial charge on any atom is -0.321 e. The van der Waals surface area contributed by atoms with Crippen LogP contribution in [0.3, 0.4) is 0 Å². The van der Waals surface area contributed by atoms with Gasteiger partial charge >= 0.3 is 0 Å². The highest BCUT2D eigenvalue weighted by Crippen LogP contribution is 2.30. The van der Waals surface area contributed by atoms with Gasteiger partial charge in [0.25, 0.3) is 11.8 Å². The molecule has 0 fully saturated rings. The van der Waals surface area contributed by atoms with Crippen LogP contribution in [-0.4, -0.2) is 38.1 Å². The van der Waals surface area contributed by atoms with Gasteiger partial charge in [-0.2, -0.15) is 9.36 Å². The van der Waals surface area contributed by atoms with Gasteiger partial charge in [-0.1, -0.05) is 85.2 Å². The number of nitrogens with one attached hydrogen (secondary N) is 3. The lowest BCUT2D eigenvalue weighted by Crippen LogP contribution is -2.30. The highest BCUT2D eigenvalue weighted by molar-refractivity contribution is 8.00. The zero-order valence-electron chi connectivity index (χ0n) is 23.1. The Labute approximate surface area is 272 Å². The fourth-order valence-electron chi connectivity index (χ4n) is 3.70. The first-order valence-electron chi connectivity index (χ1n) is 13.1. The van der Waals surface area contributed by atoms with Crippen LogP contribution >= 0.6 is 58.3 Å². The van der Waals surface area contributed by atoms with Gasteiger partial charge < -0.3 is 10.6 Å². The normalized spacial score (nSPS) is 12.0. The fraction of sp³-hybridized carbons (Fsp3) is 0.167. The molecule has 0 saturated carbocycles. The number of anilines is 2. The Balaban J connectivity index is 1.50. The summed E-state index contributed by atoms with van der Waals surface area (Å²) in [5.41, 5.74) is 1.30. The minimum absolute atomic E-state index is 0.0282. The molecule has 4 rings (SSSR count). The summed E-state index contributed by atoms with van der Waals surface area (Å²) in [5.74, 6) is -0.366. The standard InChI is InChI=1S/C30H27Cl2N5O3S3/c1-3-24(28(40)35-29-36-30(37-43-29)41-4-2)42-21-14-9-13-20(17-21)33-27(39)23(16-19-12-8-15-22(31)25(19)32)34-26(38)18-10-6-5-7-11-18/h5-17,24H,3-4H2,1-2H3,(H,33,39)(H,34,38)(H,35,36,37,40)/b23-16+. The van der Waals surface area contributed by atoms with E-state index in [9.17, 15) is 14.4 Å². The average molecular weight is 673 g/mol. The van der Waals surface area contributed by atoms with Gasteiger partial charge in [-0.05, 0) is 60.2 Å². The Bertz CT molecular complexity index is 1630. The second kappa shape index (κ2) is 15.9. The summed E-state index contributed by atoms with van der Waals surface area (Å²) in [6.07, 6.45) is 2.04. The van der Waals surface area contributed by atoms with Crippen molar-refractivity contribution < 1.29 is 14.4 Å². The smallest absolute Gasteiger partial charge is 0.272 e. The summed E-state index contributed by atoms with van der Waals surface area (Å²) < 4.78 is 4.24. The Morgan fingerprint density at radius 3 is 2.49 bits per heavy atom. The molecule has 1 heterocycles. The van der Waals surface area contributed by atoms with Crippen molar-refractivity contribution in [3.8, 4) is 0 Å². The highest BCUT2D eigenvalue weighted by atomic mass is 35.5. The van der Waals surface area contributed by atoms with Gasteiger partial charge in [0.1, 0.15) is 5.70 Å². The van der Waals surface area contributed by atoms with E-state index < -0.39 is 17.1 Å². The van der Waals surface area contributed by atoms with Crippen molar-refractivity contribution in [2.75, 3.05) is 16.4 Å². The van der Waals surface area contributed by atoms with Gasteiger partial charge in [0.2, 0.25) is 16.2 Å². The van der Waals surface area contributed by atoms with Crippen molar-refractivity contribution in [1.82, 2.24) is 14.7 Å². The summed E-state index contributed by atoms with van der Waals surface area (Å²) in [6.45, 7) is 3.94. The molecule has 0 aliphatic carbocycles. The first-order valence-corrected chi connectivity index (χ1v) is 16.5. The lowest BCUT2D eigenvalue weighted by atomic mass is 10.1. The van der Waals surface area contributed by atoms with E-state index >= 15 is 0 Å². The van der Waals surface area contributed by atoms with Crippen LogP contribution in [0.1, 0.15) is 36.2 Å². The van der Waals surface area contributed by atoms with Crippen LogP contribution in [0.4, 0.5) is 10.8 Å². The van der Waals surface area contributed by atoms with Crippen LogP contribution in [0.25, 0.3) is 6.08 Å². The summed E-state index contributed by atoms with van der Waals surface area (Å²) in [7, 11) is 0. The van der Waals surface area contributed by atoms with Crippen molar-refractivity contribution in [3.63, 3.8) is 0 Å². The largest absolute Gasteiger partial charge is 0.321 e. The predicted molar refractivity (Wildman–Crippen MR) is 178 cm³/mol. The molecule has 8 nitrogen and oxygen atoms in total. The molecular formula is C30H27Cl2N5O3S3. The van der Waals surface area contributed by atoms with E-state index in [-0.39, 0.29) is 16.6 Å². The Kier molecular flexibility index (Phi) is 12.1. The molecule has 3 N–H and O–H groups in total. The van der Waals surface area contributed by atoms with Crippen LogP contribution in [0, 0.1) is 0 Å². The van der Waals surface area contributed by atoms with Crippen molar-refractivity contribution in [2.24, 2.45) is 0 Å². The third-order valence-corrected chi connectivity index (χ3v) is 9.42. The van der Waals surface area contributed by atoms with Crippen LogP contribution in [0.2, 0.25) is 10.0 Å². The van der Waals surface area contributed by atoms with E-state index in [0.717, 1.165) is 22.2 Å². The Hall–Kier alpha value is -3.35. The Morgan fingerprint density at radius 1 is 0.977 bits per heavy atom. The van der Waals surface area contributed by atoms with E-state index in [1.54, 1.807) is 66.7 Å². The molecule has 1 unspecified atom stereocenters. The molecule has 4 aromatic rings. The fourth-order valence-corrected chi connectivity index (χ4v) is 6.35. The first kappa shape index (κ1) is 32.6. The third kappa shape index (κ3) is 9.32. The zero-order valence-corrected chi connectivity index (χ0v) is 27.1. The van der Waals surface area contributed by atoms with Gasteiger partial charge in [-0.25, -0.2) is 0 Å². The summed E-state index contributed by atoms with van der Waals surface area (Å²) in [5, 5.41) is 9.64. The maximum Gasteiger partial charge on any atom is 0.272 e. The molecule has 0 aliphatic rings. The van der Waals surface area contributed by atoms with Crippen molar-refractivity contribution in [3.05, 3.63) is 99.7 Å². The van der Waals surface area contributed by atoms with Crippen LogP contribution in [0.5, 0.6) is 0 Å². The van der Waals surface area contributed by atoms with Gasteiger partial charge in [-0.15, -0.1) is 11.8 Å². The van der Waals surface area contributed by atoms with E-state index in [4.69, 9.17) is 23.2 Å². The van der Waals surface area contributed by atoms with Crippen molar-refractivity contribution in [1.29, 1.82) is 0 Å². The number of amides is 3. The van der Waals surface area contributed by atoms with E-state index in [1.165, 1.54) is 29.6 Å².